The molecule has 17 heavy (non-hydrogen) atoms. The lowest BCUT2D eigenvalue weighted by atomic mass is 9.93. The molecular formula is C16H35N. The number of hydrogen-bond donors (Lipinski definition) is 1. The molecule has 0 amide bonds. The summed E-state index contributed by atoms with van der Waals surface area (Å²) in [5.74, 6) is 0.983. The van der Waals surface area contributed by atoms with Gasteiger partial charge in [-0.1, -0.05) is 58.8 Å². The molecule has 0 aliphatic carbocycles. The maximum Gasteiger partial charge on any atom is 0.00965 e. The molecule has 0 bridgehead atoms. The Bertz CT molecular complexity index is 157. The zero-order valence-electron chi connectivity index (χ0n) is 12.9. The molecule has 1 N–H and O–H groups in total. The molecule has 0 aromatic carbocycles. The molecule has 0 rings (SSSR count). The van der Waals surface area contributed by atoms with Gasteiger partial charge in [-0.25, -0.2) is 0 Å². The second-order valence-corrected chi connectivity index (χ2v) is 6.44. The lowest BCUT2D eigenvalue weighted by molar-refractivity contribution is 0.379. The largest absolute Gasteiger partial charge is 0.312 e. The van der Waals surface area contributed by atoms with Gasteiger partial charge in [0, 0.05) is 5.54 Å². The number of nitrogens with one attached hydrogen (secondary N) is 1. The van der Waals surface area contributed by atoms with Gasteiger partial charge >= 0.3 is 0 Å². The molecular weight excluding hydrogens is 206 g/mol. The van der Waals surface area contributed by atoms with E-state index in [4.69, 9.17) is 0 Å². The molecule has 1 atom stereocenters. The first-order chi connectivity index (χ1) is 7.99. The van der Waals surface area contributed by atoms with E-state index >= 15 is 0 Å². The van der Waals surface area contributed by atoms with Crippen LogP contribution >= 0.6 is 0 Å². The van der Waals surface area contributed by atoms with E-state index in [-0.39, 0.29) is 5.54 Å². The van der Waals surface area contributed by atoms with Crippen LogP contribution in [0.1, 0.15) is 86.0 Å². The van der Waals surface area contributed by atoms with Gasteiger partial charge in [-0.05, 0) is 39.7 Å². The summed E-state index contributed by atoms with van der Waals surface area (Å²) >= 11 is 0. The van der Waals surface area contributed by atoms with Crippen molar-refractivity contribution in [3.63, 3.8) is 0 Å². The van der Waals surface area contributed by atoms with Gasteiger partial charge in [0.05, 0.1) is 0 Å². The van der Waals surface area contributed by atoms with Crippen molar-refractivity contribution in [2.75, 3.05) is 6.54 Å². The fourth-order valence-electron chi connectivity index (χ4n) is 2.26. The van der Waals surface area contributed by atoms with Crippen molar-refractivity contribution in [1.82, 2.24) is 5.32 Å². The minimum absolute atomic E-state index is 0.283. The Morgan fingerprint density at radius 1 is 0.882 bits per heavy atom. The van der Waals surface area contributed by atoms with Crippen LogP contribution < -0.4 is 5.32 Å². The van der Waals surface area contributed by atoms with Crippen molar-refractivity contribution in [3.05, 3.63) is 0 Å². The van der Waals surface area contributed by atoms with Crippen LogP contribution in [-0.4, -0.2) is 12.1 Å². The van der Waals surface area contributed by atoms with Crippen LogP contribution in [0.25, 0.3) is 0 Å². The third-order valence-corrected chi connectivity index (χ3v) is 3.49. The van der Waals surface area contributed by atoms with E-state index < -0.39 is 0 Å². The van der Waals surface area contributed by atoms with Crippen molar-refractivity contribution in [1.29, 1.82) is 0 Å². The predicted octanol–water partition coefficient (Wildman–Crippen LogP) is 5.15. The van der Waals surface area contributed by atoms with Crippen molar-refractivity contribution < 1.29 is 0 Å². The fraction of sp³-hybridized carbons (Fsp3) is 1.00. The summed E-state index contributed by atoms with van der Waals surface area (Å²) in [6.45, 7) is 12.5. The molecule has 0 fully saturated rings. The third kappa shape index (κ3) is 12.2. The van der Waals surface area contributed by atoms with E-state index in [1.54, 1.807) is 0 Å². The Hall–Kier alpha value is -0.0400. The Morgan fingerprint density at radius 2 is 1.47 bits per heavy atom. The molecule has 0 aromatic rings. The quantitative estimate of drug-likeness (QED) is 0.521. The first-order valence-electron chi connectivity index (χ1n) is 7.74. The van der Waals surface area contributed by atoms with Gasteiger partial charge in [-0.2, -0.15) is 0 Å². The molecule has 104 valence electrons. The Kier molecular flexibility index (Phi) is 9.91. The van der Waals surface area contributed by atoms with Crippen molar-refractivity contribution in [3.8, 4) is 0 Å². The summed E-state index contributed by atoms with van der Waals surface area (Å²) in [6, 6.07) is 0. The summed E-state index contributed by atoms with van der Waals surface area (Å²) < 4.78 is 0. The maximum absolute atomic E-state index is 3.57. The molecule has 0 saturated carbocycles. The van der Waals surface area contributed by atoms with Gasteiger partial charge in [0.25, 0.3) is 0 Å². The average Bonchev–Trinajstić information content (AvgIpc) is 2.25. The number of rotatable bonds is 10. The van der Waals surface area contributed by atoms with Crippen LogP contribution in [0.5, 0.6) is 0 Å². The highest BCUT2D eigenvalue weighted by Crippen LogP contribution is 2.19. The molecule has 0 aliphatic heterocycles. The summed E-state index contributed by atoms with van der Waals surface area (Å²) in [4.78, 5) is 0. The minimum Gasteiger partial charge on any atom is -0.312 e. The first-order valence-corrected chi connectivity index (χ1v) is 7.74. The Morgan fingerprint density at radius 3 is 1.94 bits per heavy atom. The number of unbranched alkanes of at least 4 members (excludes halogenated alkanes) is 3. The summed E-state index contributed by atoms with van der Waals surface area (Å²) in [5, 5.41) is 3.57. The Balaban J connectivity index is 3.43. The van der Waals surface area contributed by atoms with Gasteiger partial charge in [0.1, 0.15) is 0 Å². The monoisotopic (exact) mass is 241 g/mol. The molecule has 0 heterocycles. The lowest BCUT2D eigenvalue weighted by Gasteiger charge is -2.21. The van der Waals surface area contributed by atoms with Crippen LogP contribution in [0, 0.1) is 5.92 Å². The molecule has 0 radical (unpaired) electrons. The Labute approximate surface area is 110 Å². The van der Waals surface area contributed by atoms with Crippen LogP contribution in [0.15, 0.2) is 0 Å². The molecule has 0 aliphatic rings. The highest BCUT2D eigenvalue weighted by molar-refractivity contribution is 4.69. The van der Waals surface area contributed by atoms with Crippen molar-refractivity contribution in [2.45, 2.75) is 91.5 Å². The van der Waals surface area contributed by atoms with Crippen LogP contribution in [0.3, 0.4) is 0 Å². The van der Waals surface area contributed by atoms with Gasteiger partial charge in [-0.15, -0.1) is 0 Å². The summed E-state index contributed by atoms with van der Waals surface area (Å²) in [5.41, 5.74) is 0.283. The average molecular weight is 241 g/mol. The zero-order chi connectivity index (χ0) is 13.1. The molecule has 0 saturated heterocycles. The topological polar surface area (TPSA) is 12.0 Å². The summed E-state index contributed by atoms with van der Waals surface area (Å²) in [7, 11) is 0. The van der Waals surface area contributed by atoms with Gasteiger partial charge in [0.2, 0.25) is 0 Å². The van der Waals surface area contributed by atoms with Gasteiger partial charge in [0.15, 0.2) is 0 Å². The molecule has 1 nitrogen and oxygen atoms in total. The predicted molar refractivity (Wildman–Crippen MR) is 79.5 cm³/mol. The van der Waals surface area contributed by atoms with Crippen LogP contribution in [0.4, 0.5) is 0 Å². The lowest BCUT2D eigenvalue weighted by Crippen LogP contribution is -2.36. The van der Waals surface area contributed by atoms with Crippen molar-refractivity contribution in [2.24, 2.45) is 5.92 Å². The smallest absolute Gasteiger partial charge is 0.00965 e. The summed E-state index contributed by atoms with van der Waals surface area (Å²) in [6.07, 6.45) is 11.2. The zero-order valence-corrected chi connectivity index (χ0v) is 12.9. The molecule has 1 heteroatoms. The molecule has 0 spiro atoms. The van der Waals surface area contributed by atoms with Gasteiger partial charge < -0.3 is 5.32 Å². The van der Waals surface area contributed by atoms with E-state index in [0.29, 0.717) is 0 Å². The molecule has 0 aromatic heterocycles. The fourth-order valence-corrected chi connectivity index (χ4v) is 2.26. The standard InChI is InChI=1S/C16H35N/c1-6-8-9-12-15(7-2)13-10-11-14-17-16(3,4)5/h15,17H,6-14H2,1-5H3. The van der Waals surface area contributed by atoms with E-state index in [0.717, 1.165) is 5.92 Å². The van der Waals surface area contributed by atoms with Gasteiger partial charge in [-0.3, -0.25) is 0 Å². The highest BCUT2D eigenvalue weighted by Gasteiger charge is 2.08. The highest BCUT2D eigenvalue weighted by atomic mass is 14.9. The number of hydrogen-bond acceptors (Lipinski definition) is 1. The van der Waals surface area contributed by atoms with E-state index in [1.807, 2.05) is 0 Å². The maximum atomic E-state index is 3.57. The van der Waals surface area contributed by atoms with Crippen LogP contribution in [0.2, 0.25) is 0 Å². The third-order valence-electron chi connectivity index (χ3n) is 3.49. The second-order valence-electron chi connectivity index (χ2n) is 6.44. The normalized spacial score (nSPS) is 13.9. The van der Waals surface area contributed by atoms with Crippen LogP contribution in [-0.2, 0) is 0 Å². The minimum atomic E-state index is 0.283. The van der Waals surface area contributed by atoms with E-state index in [1.165, 1.54) is 57.9 Å². The first kappa shape index (κ1) is 17.0. The molecule has 1 unspecified atom stereocenters. The van der Waals surface area contributed by atoms with E-state index in [9.17, 15) is 0 Å². The SMILES string of the molecule is CCCCCC(CC)CCCCNC(C)(C)C. The van der Waals surface area contributed by atoms with Crippen molar-refractivity contribution >= 4 is 0 Å². The second kappa shape index (κ2) is 9.94. The van der Waals surface area contributed by atoms with E-state index in [2.05, 4.69) is 39.9 Å².